The van der Waals surface area contributed by atoms with Crippen LogP contribution >= 0.6 is 0 Å². The Balaban J connectivity index is 2.23. The first-order chi connectivity index (χ1) is 30.5. The zero-order chi connectivity index (χ0) is 49.0. The smallest absolute Gasteiger partial charge is 0.326 e. The van der Waals surface area contributed by atoms with Crippen molar-refractivity contribution < 1.29 is 68.4 Å². The molecule has 352 valence electrons. The molecular formula is C41H54N10O14. The molecule has 11 N–H and O–H groups in total. The number of carbonyl (C=O) groups is 10. The third kappa shape index (κ3) is 19.1. The van der Waals surface area contributed by atoms with Gasteiger partial charge in [-0.3, -0.25) is 43.2 Å². The first-order valence-corrected chi connectivity index (χ1v) is 20.1. The van der Waals surface area contributed by atoms with Crippen molar-refractivity contribution in [3.63, 3.8) is 0 Å². The zero-order valence-electron chi connectivity index (χ0n) is 36.1. The number of carboxylic acid groups (broad SMARTS) is 3. The Hall–Kier alpha value is -7.59. The first-order valence-electron chi connectivity index (χ1n) is 20.1. The average molecular weight is 911 g/mol. The molecule has 0 aliphatic heterocycles. The van der Waals surface area contributed by atoms with Gasteiger partial charge < -0.3 is 57.6 Å². The van der Waals surface area contributed by atoms with Crippen LogP contribution in [0.4, 0.5) is 5.69 Å². The summed E-state index contributed by atoms with van der Waals surface area (Å²) in [4.78, 5) is 130. The number of aliphatic hydroxyl groups is 1. The van der Waals surface area contributed by atoms with Gasteiger partial charge in [0.1, 0.15) is 42.3 Å². The SMILES string of the molecule is CC(=O)N[C@@H](Cc1ccc(N=[N+]=[N-])cc1)C(=O)N[C@H](C(=O)N[C@@H](CC(C)C)C(=O)N[C@@H](CC(=O)O)C(=O)N[C@@H](C)C(=O)N[C@@H](CC(=O)O)C(=O)N[C@@H](Cc1ccccc1)C(=O)O)[C@H](C)O. The number of nitrogens with one attached hydrogen (secondary N) is 7. The fraction of sp³-hybridized carbons (Fsp3) is 0.463. The summed E-state index contributed by atoms with van der Waals surface area (Å²) >= 11 is 0. The van der Waals surface area contributed by atoms with Crippen molar-refractivity contribution in [2.45, 2.75) is 115 Å². The highest BCUT2D eigenvalue weighted by Crippen LogP contribution is 2.15. The largest absolute Gasteiger partial charge is 0.481 e. The molecule has 2 aromatic carbocycles. The van der Waals surface area contributed by atoms with Crippen LogP contribution < -0.4 is 37.2 Å². The van der Waals surface area contributed by atoms with Gasteiger partial charge in [-0.1, -0.05) is 73.6 Å². The van der Waals surface area contributed by atoms with E-state index in [1.807, 2.05) is 0 Å². The van der Waals surface area contributed by atoms with Crippen molar-refractivity contribution in [2.24, 2.45) is 11.0 Å². The fourth-order valence-electron chi connectivity index (χ4n) is 6.10. The quantitative estimate of drug-likeness (QED) is 0.0316. The standard InChI is InChI=1S/C41H54N10O14/c1-20(2)15-27(47-40(63)34(22(4)52)49-39(62)28(44-23(5)53)16-25-11-13-26(14-12-25)50-51-42)37(60)46-29(18-32(54)55)36(59)43-21(3)35(58)45-30(19-33(56)57)38(61)48-31(41(64)65)17-24-9-7-6-8-10-24/h6-14,20-22,27-31,34,52H,15-19H2,1-5H3,(H,43,59)(H,44,53)(H,45,58)(H,46,60)(H,47,63)(H,48,61)(H,49,62)(H,54,55)(H,56,57)(H,64,65)/t21-,22-,27-,28-,29-,30-,31-,34-/m0/s1. The molecule has 2 aromatic rings. The van der Waals surface area contributed by atoms with E-state index in [2.05, 4.69) is 47.2 Å². The maximum atomic E-state index is 13.7. The molecule has 0 aromatic heterocycles. The number of rotatable bonds is 26. The molecule has 7 amide bonds. The summed E-state index contributed by atoms with van der Waals surface area (Å²) in [6.07, 6.45) is -4.00. The summed E-state index contributed by atoms with van der Waals surface area (Å²) in [5.41, 5.74) is 9.99. The minimum absolute atomic E-state index is 0.0948. The summed E-state index contributed by atoms with van der Waals surface area (Å²) in [7, 11) is 0. The van der Waals surface area contributed by atoms with E-state index in [0.29, 0.717) is 11.1 Å². The van der Waals surface area contributed by atoms with E-state index in [1.165, 1.54) is 19.1 Å². The molecule has 65 heavy (non-hydrogen) atoms. The van der Waals surface area contributed by atoms with Gasteiger partial charge >= 0.3 is 17.9 Å². The van der Waals surface area contributed by atoms with Gasteiger partial charge in [-0.2, -0.15) is 0 Å². The Morgan fingerprint density at radius 2 is 1.03 bits per heavy atom. The molecule has 0 aliphatic rings. The molecule has 0 saturated carbocycles. The summed E-state index contributed by atoms with van der Waals surface area (Å²) < 4.78 is 0. The van der Waals surface area contributed by atoms with Crippen LogP contribution in [0, 0.1) is 5.92 Å². The normalized spacial score (nSPS) is 14.4. The number of hydrogen-bond acceptors (Lipinski definition) is 12. The Morgan fingerprint density at radius 1 is 0.569 bits per heavy atom. The van der Waals surface area contributed by atoms with Gasteiger partial charge in [0.2, 0.25) is 41.4 Å². The van der Waals surface area contributed by atoms with Gasteiger partial charge in [0, 0.05) is 30.4 Å². The summed E-state index contributed by atoms with van der Waals surface area (Å²) in [6, 6.07) is 2.89. The number of amides is 7. The highest BCUT2D eigenvalue weighted by atomic mass is 16.4. The maximum Gasteiger partial charge on any atom is 0.326 e. The summed E-state index contributed by atoms with van der Waals surface area (Å²) in [6.45, 7) is 6.76. The van der Waals surface area contributed by atoms with Crippen molar-refractivity contribution in [1.82, 2.24) is 37.2 Å². The molecule has 24 heteroatoms. The van der Waals surface area contributed by atoms with Crippen LogP contribution in [0.5, 0.6) is 0 Å². The molecule has 2 rings (SSSR count). The number of aliphatic hydroxyl groups excluding tert-OH is 1. The first kappa shape index (κ1) is 53.5. The third-order valence-electron chi connectivity index (χ3n) is 9.31. The lowest BCUT2D eigenvalue weighted by Crippen LogP contribution is -2.61. The van der Waals surface area contributed by atoms with Crippen LogP contribution in [0.2, 0.25) is 0 Å². The van der Waals surface area contributed by atoms with E-state index in [0.717, 1.165) is 13.8 Å². The molecule has 24 nitrogen and oxygen atoms in total. The highest BCUT2D eigenvalue weighted by Gasteiger charge is 2.35. The molecule has 0 radical (unpaired) electrons. The lowest BCUT2D eigenvalue weighted by atomic mass is 10.0. The van der Waals surface area contributed by atoms with E-state index >= 15 is 0 Å². The van der Waals surface area contributed by atoms with Crippen molar-refractivity contribution in [2.75, 3.05) is 0 Å². The molecule has 0 heterocycles. The van der Waals surface area contributed by atoms with Gasteiger partial charge in [-0.25, -0.2) is 4.79 Å². The zero-order valence-corrected chi connectivity index (χ0v) is 36.1. The number of hydrogen-bond donors (Lipinski definition) is 11. The van der Waals surface area contributed by atoms with Crippen LogP contribution in [-0.2, 0) is 60.8 Å². The Morgan fingerprint density at radius 3 is 1.52 bits per heavy atom. The predicted molar refractivity (Wildman–Crippen MR) is 227 cm³/mol. The molecule has 0 saturated heterocycles. The molecule has 0 bridgehead atoms. The predicted octanol–water partition coefficient (Wildman–Crippen LogP) is -0.692. The van der Waals surface area contributed by atoms with Gasteiger partial charge in [0.25, 0.3) is 0 Å². The lowest BCUT2D eigenvalue weighted by molar-refractivity contribution is -0.143. The maximum absolute atomic E-state index is 13.7. The number of aliphatic carboxylic acids is 3. The van der Waals surface area contributed by atoms with Crippen LogP contribution in [0.15, 0.2) is 59.7 Å². The number of nitrogens with zero attached hydrogens (tertiary/aromatic N) is 3. The van der Waals surface area contributed by atoms with Crippen LogP contribution in [0.1, 0.15) is 65.0 Å². The molecule has 0 unspecified atom stereocenters. The van der Waals surface area contributed by atoms with Gasteiger partial charge in [-0.05, 0) is 42.8 Å². The molecule has 0 aliphatic carbocycles. The van der Waals surface area contributed by atoms with E-state index < -0.39 is 120 Å². The lowest BCUT2D eigenvalue weighted by Gasteiger charge is -2.28. The highest BCUT2D eigenvalue weighted by molar-refractivity contribution is 5.98. The molecule has 0 spiro atoms. The Bertz CT molecular complexity index is 2090. The van der Waals surface area contributed by atoms with Crippen molar-refractivity contribution >= 4 is 64.9 Å². The number of benzene rings is 2. The molecule has 8 atom stereocenters. The van der Waals surface area contributed by atoms with Crippen molar-refractivity contribution in [3.8, 4) is 0 Å². The van der Waals surface area contributed by atoms with Crippen molar-refractivity contribution in [1.29, 1.82) is 0 Å². The Kier molecular flexibility index (Phi) is 21.5. The summed E-state index contributed by atoms with van der Waals surface area (Å²) in [5, 5.41) is 58.7. The monoisotopic (exact) mass is 910 g/mol. The minimum atomic E-state index is -1.89. The topological polar surface area (TPSA) is 385 Å². The van der Waals surface area contributed by atoms with E-state index in [4.69, 9.17) is 5.53 Å². The molecule has 0 fully saturated rings. The number of carbonyl (C=O) groups excluding carboxylic acids is 7. The van der Waals surface area contributed by atoms with Crippen LogP contribution in [-0.4, -0.2) is 128 Å². The van der Waals surface area contributed by atoms with Gasteiger partial charge in [0.05, 0.1) is 18.9 Å². The van der Waals surface area contributed by atoms with E-state index in [1.54, 1.807) is 56.3 Å². The van der Waals surface area contributed by atoms with Crippen molar-refractivity contribution in [3.05, 3.63) is 76.2 Å². The van der Waals surface area contributed by atoms with Gasteiger partial charge in [-0.15, -0.1) is 0 Å². The van der Waals surface area contributed by atoms with Crippen LogP contribution in [0.25, 0.3) is 10.4 Å². The number of carboxylic acids is 3. The second-order valence-electron chi connectivity index (χ2n) is 15.4. The second kappa shape index (κ2) is 26.1. The fourth-order valence-corrected chi connectivity index (χ4v) is 6.10. The number of azide groups is 1. The second-order valence-corrected chi connectivity index (χ2v) is 15.4. The van der Waals surface area contributed by atoms with E-state index in [-0.39, 0.29) is 30.9 Å². The van der Waals surface area contributed by atoms with Crippen LogP contribution in [0.3, 0.4) is 0 Å². The third-order valence-corrected chi connectivity index (χ3v) is 9.31. The summed E-state index contributed by atoms with van der Waals surface area (Å²) in [5.74, 6) is -12.1. The minimum Gasteiger partial charge on any atom is -0.481 e. The van der Waals surface area contributed by atoms with E-state index in [9.17, 15) is 68.4 Å². The Labute approximate surface area is 372 Å². The van der Waals surface area contributed by atoms with Gasteiger partial charge in [0.15, 0.2) is 0 Å². The average Bonchev–Trinajstić information content (AvgIpc) is 3.21. The molecular weight excluding hydrogens is 857 g/mol.